The van der Waals surface area contributed by atoms with Gasteiger partial charge in [-0.1, -0.05) is 13.8 Å². The average Bonchev–Trinajstić information content (AvgIpc) is 2.83. The molecule has 0 aromatic carbocycles. The van der Waals surface area contributed by atoms with Gasteiger partial charge in [-0.15, -0.1) is 0 Å². The molecule has 138 valence electrons. The molecule has 7 unspecified atom stereocenters. The molecular formula is C20H34O4. The molecule has 3 fully saturated rings. The molecule has 0 amide bonds. The first-order valence-corrected chi connectivity index (χ1v) is 9.75. The maximum atomic E-state index is 11.3. The van der Waals surface area contributed by atoms with Crippen molar-refractivity contribution in [2.24, 2.45) is 28.6 Å². The van der Waals surface area contributed by atoms with E-state index in [-0.39, 0.29) is 34.9 Å². The fraction of sp³-hybridized carbons (Fsp3) is 0.950. The van der Waals surface area contributed by atoms with Crippen LogP contribution in [0.25, 0.3) is 0 Å². The van der Waals surface area contributed by atoms with E-state index in [1.54, 1.807) is 0 Å². The number of carbonyl (C=O) groups excluding carboxylic acids is 1. The maximum absolute atomic E-state index is 11.3. The van der Waals surface area contributed by atoms with Crippen LogP contribution in [0, 0.1) is 28.6 Å². The standard InChI is InChI=1S/C20H34O4/c1-13(21)24-12-16-11-17(22)7-9-19(16,2)15-6-8-20(3)14(10-15)4-5-18(20)23/h14-18,22-23H,4-12H2,1-3H3. The molecule has 4 heteroatoms. The van der Waals surface area contributed by atoms with Crippen molar-refractivity contribution in [3.05, 3.63) is 0 Å². The van der Waals surface area contributed by atoms with E-state index in [1.807, 2.05) is 0 Å². The van der Waals surface area contributed by atoms with Gasteiger partial charge in [0.15, 0.2) is 0 Å². The van der Waals surface area contributed by atoms with Gasteiger partial charge in [-0.25, -0.2) is 0 Å². The lowest BCUT2D eigenvalue weighted by molar-refractivity contribution is -0.148. The lowest BCUT2D eigenvalue weighted by Crippen LogP contribution is -2.48. The van der Waals surface area contributed by atoms with Gasteiger partial charge in [0.25, 0.3) is 0 Å². The molecule has 3 rings (SSSR count). The Balaban J connectivity index is 1.74. The molecule has 0 radical (unpaired) electrons. The van der Waals surface area contributed by atoms with Crippen LogP contribution in [0.3, 0.4) is 0 Å². The highest BCUT2D eigenvalue weighted by atomic mass is 16.5. The van der Waals surface area contributed by atoms with Gasteiger partial charge in [0.05, 0.1) is 18.8 Å². The van der Waals surface area contributed by atoms with E-state index >= 15 is 0 Å². The van der Waals surface area contributed by atoms with Crippen LogP contribution >= 0.6 is 0 Å². The van der Waals surface area contributed by atoms with E-state index in [4.69, 9.17) is 4.74 Å². The van der Waals surface area contributed by atoms with Crippen LogP contribution in [0.5, 0.6) is 0 Å². The van der Waals surface area contributed by atoms with Crippen LogP contribution in [-0.4, -0.2) is 35.0 Å². The van der Waals surface area contributed by atoms with E-state index in [1.165, 1.54) is 13.3 Å². The van der Waals surface area contributed by atoms with Gasteiger partial charge in [-0.05, 0) is 74.0 Å². The molecule has 3 aliphatic rings. The van der Waals surface area contributed by atoms with E-state index < -0.39 is 0 Å². The second-order valence-corrected chi connectivity index (χ2v) is 9.20. The smallest absolute Gasteiger partial charge is 0.302 e. The predicted molar refractivity (Wildman–Crippen MR) is 92.3 cm³/mol. The molecule has 0 aromatic rings. The molecular weight excluding hydrogens is 304 g/mol. The molecule has 24 heavy (non-hydrogen) atoms. The normalized spacial score (nSPS) is 48.8. The first-order valence-electron chi connectivity index (χ1n) is 9.75. The second kappa shape index (κ2) is 6.60. The predicted octanol–water partition coefficient (Wildman–Crippen LogP) is 3.29. The summed E-state index contributed by atoms with van der Waals surface area (Å²) in [5.74, 6) is 1.23. The van der Waals surface area contributed by atoms with Gasteiger partial charge in [-0.3, -0.25) is 4.79 Å². The molecule has 0 saturated heterocycles. The topological polar surface area (TPSA) is 66.8 Å². The summed E-state index contributed by atoms with van der Waals surface area (Å²) in [6.45, 7) is 6.52. The molecule has 7 atom stereocenters. The third-order valence-corrected chi connectivity index (χ3v) is 8.01. The average molecular weight is 338 g/mol. The van der Waals surface area contributed by atoms with Gasteiger partial charge in [0.1, 0.15) is 0 Å². The Morgan fingerprint density at radius 3 is 2.38 bits per heavy atom. The third-order valence-electron chi connectivity index (χ3n) is 8.01. The highest BCUT2D eigenvalue weighted by Gasteiger charge is 2.54. The Hall–Kier alpha value is -0.610. The van der Waals surface area contributed by atoms with Crippen LogP contribution in [0.1, 0.15) is 72.1 Å². The van der Waals surface area contributed by atoms with Crippen LogP contribution in [0.2, 0.25) is 0 Å². The van der Waals surface area contributed by atoms with Gasteiger partial charge in [0.2, 0.25) is 0 Å². The first-order chi connectivity index (χ1) is 11.3. The van der Waals surface area contributed by atoms with E-state index in [0.717, 1.165) is 44.9 Å². The van der Waals surface area contributed by atoms with Crippen molar-refractivity contribution in [2.45, 2.75) is 84.3 Å². The molecule has 0 aromatic heterocycles. The number of esters is 1. The molecule has 4 nitrogen and oxygen atoms in total. The summed E-state index contributed by atoms with van der Waals surface area (Å²) >= 11 is 0. The zero-order chi connectivity index (χ0) is 17.5. The summed E-state index contributed by atoms with van der Waals surface area (Å²) in [6, 6.07) is 0. The van der Waals surface area contributed by atoms with Gasteiger partial charge in [0, 0.05) is 12.8 Å². The quantitative estimate of drug-likeness (QED) is 0.775. The van der Waals surface area contributed by atoms with Crippen molar-refractivity contribution in [2.75, 3.05) is 6.61 Å². The summed E-state index contributed by atoms with van der Waals surface area (Å²) in [6.07, 6.45) is 7.71. The highest BCUT2D eigenvalue weighted by Crippen LogP contribution is 2.59. The van der Waals surface area contributed by atoms with Crippen molar-refractivity contribution in [3.63, 3.8) is 0 Å². The van der Waals surface area contributed by atoms with Crippen LogP contribution in [0.4, 0.5) is 0 Å². The van der Waals surface area contributed by atoms with Crippen molar-refractivity contribution >= 4 is 5.97 Å². The Bertz CT molecular complexity index is 478. The zero-order valence-electron chi connectivity index (χ0n) is 15.5. The minimum Gasteiger partial charge on any atom is -0.466 e. The van der Waals surface area contributed by atoms with Gasteiger partial charge < -0.3 is 14.9 Å². The Morgan fingerprint density at radius 2 is 1.67 bits per heavy atom. The van der Waals surface area contributed by atoms with Crippen LogP contribution in [-0.2, 0) is 9.53 Å². The molecule has 0 spiro atoms. The summed E-state index contributed by atoms with van der Waals surface area (Å²) in [5.41, 5.74) is 0.232. The van der Waals surface area contributed by atoms with Gasteiger partial charge >= 0.3 is 5.97 Å². The molecule has 3 saturated carbocycles. The number of aliphatic hydroxyl groups excluding tert-OH is 2. The van der Waals surface area contributed by atoms with E-state index in [9.17, 15) is 15.0 Å². The highest BCUT2D eigenvalue weighted by molar-refractivity contribution is 5.65. The largest absolute Gasteiger partial charge is 0.466 e. The molecule has 0 heterocycles. The fourth-order valence-electron chi connectivity index (χ4n) is 6.00. The molecule has 0 bridgehead atoms. The lowest BCUT2D eigenvalue weighted by atomic mass is 9.53. The van der Waals surface area contributed by atoms with E-state index in [0.29, 0.717) is 18.4 Å². The Kier molecular flexibility index (Phi) is 5.00. The number of rotatable bonds is 3. The maximum Gasteiger partial charge on any atom is 0.302 e. The summed E-state index contributed by atoms with van der Waals surface area (Å²) in [7, 11) is 0. The fourth-order valence-corrected chi connectivity index (χ4v) is 6.00. The van der Waals surface area contributed by atoms with Crippen LogP contribution < -0.4 is 0 Å². The lowest BCUT2D eigenvalue weighted by Gasteiger charge is -2.53. The molecule has 2 N–H and O–H groups in total. The van der Waals surface area contributed by atoms with Crippen molar-refractivity contribution in [1.29, 1.82) is 0 Å². The van der Waals surface area contributed by atoms with Crippen LogP contribution in [0.15, 0.2) is 0 Å². The van der Waals surface area contributed by atoms with E-state index in [2.05, 4.69) is 13.8 Å². The van der Waals surface area contributed by atoms with Crippen molar-refractivity contribution in [1.82, 2.24) is 0 Å². The Morgan fingerprint density at radius 1 is 1.00 bits per heavy atom. The number of hydrogen-bond donors (Lipinski definition) is 2. The van der Waals surface area contributed by atoms with Gasteiger partial charge in [-0.2, -0.15) is 0 Å². The first kappa shape index (κ1) is 18.2. The molecule has 0 aliphatic heterocycles. The second-order valence-electron chi connectivity index (χ2n) is 9.20. The number of carbonyl (C=O) groups is 1. The summed E-state index contributed by atoms with van der Waals surface area (Å²) in [5, 5.41) is 20.5. The Labute approximate surface area is 146 Å². The monoisotopic (exact) mass is 338 g/mol. The molecule has 3 aliphatic carbocycles. The third kappa shape index (κ3) is 3.12. The number of fused-ring (bicyclic) bond motifs is 1. The van der Waals surface area contributed by atoms with Crippen molar-refractivity contribution in [3.8, 4) is 0 Å². The minimum absolute atomic E-state index is 0.104. The summed E-state index contributed by atoms with van der Waals surface area (Å²) < 4.78 is 5.35. The summed E-state index contributed by atoms with van der Waals surface area (Å²) in [4.78, 5) is 11.3. The number of aliphatic hydroxyl groups is 2. The van der Waals surface area contributed by atoms with Crippen molar-refractivity contribution < 1.29 is 19.7 Å². The minimum atomic E-state index is -0.263. The number of hydrogen-bond acceptors (Lipinski definition) is 4. The SMILES string of the molecule is CC(=O)OCC1CC(O)CCC1(C)C1CCC2(C)C(O)CCC2C1. The zero-order valence-corrected chi connectivity index (χ0v) is 15.5. The number of ether oxygens (including phenoxy) is 1.